The Kier molecular flexibility index (Phi) is 5.33. The van der Waals surface area contributed by atoms with Crippen LogP contribution in [0.4, 0.5) is 5.69 Å². The third-order valence-corrected chi connectivity index (χ3v) is 4.21. The van der Waals surface area contributed by atoms with Crippen molar-refractivity contribution in [2.75, 3.05) is 18.4 Å². The predicted octanol–water partition coefficient (Wildman–Crippen LogP) is 4.89. The number of pyridine rings is 1. The average Bonchev–Trinajstić information content (AvgIpc) is 2.57. The number of aromatic nitrogens is 1. The predicted molar refractivity (Wildman–Crippen MR) is 104 cm³/mol. The van der Waals surface area contributed by atoms with E-state index in [-0.39, 0.29) is 5.75 Å². The smallest absolute Gasteiger partial charge is 0.124 e. The van der Waals surface area contributed by atoms with Gasteiger partial charge in [0, 0.05) is 45.1 Å². The highest BCUT2D eigenvalue weighted by atomic mass is 79.9. The highest BCUT2D eigenvalue weighted by molar-refractivity contribution is 9.10. The molecule has 24 heavy (non-hydrogen) atoms. The van der Waals surface area contributed by atoms with Gasteiger partial charge in [0.1, 0.15) is 5.75 Å². The molecule has 0 aliphatic carbocycles. The number of nitrogens with zero attached hydrogens (tertiary/aromatic N) is 2. The molecule has 0 saturated heterocycles. The standard InChI is InChI=1S/C18H15BrClN3O/c19-13-1-4-18(24)12(9-13)11-21-7-8-23-16-5-6-22-17-10-14(20)2-3-15(16)17/h1-6,9-11,24H,7-8H2,(H,22,23). The molecule has 1 aromatic heterocycles. The molecule has 0 radical (unpaired) electrons. The largest absolute Gasteiger partial charge is 0.507 e. The number of anilines is 1. The highest BCUT2D eigenvalue weighted by Gasteiger charge is 2.02. The summed E-state index contributed by atoms with van der Waals surface area (Å²) in [6, 6.07) is 12.8. The van der Waals surface area contributed by atoms with E-state index in [1.165, 1.54) is 0 Å². The molecule has 0 spiro atoms. The van der Waals surface area contributed by atoms with Crippen LogP contribution in [0.5, 0.6) is 5.75 Å². The molecule has 4 nitrogen and oxygen atoms in total. The van der Waals surface area contributed by atoms with Crippen LogP contribution in [0.1, 0.15) is 5.56 Å². The number of hydrogen-bond donors (Lipinski definition) is 2. The maximum atomic E-state index is 9.76. The van der Waals surface area contributed by atoms with E-state index in [1.807, 2.05) is 30.3 Å². The Bertz CT molecular complexity index is 899. The molecular formula is C18H15BrClN3O. The van der Waals surface area contributed by atoms with Crippen molar-refractivity contribution in [1.82, 2.24) is 4.98 Å². The van der Waals surface area contributed by atoms with Gasteiger partial charge in [-0.2, -0.15) is 0 Å². The number of halogens is 2. The zero-order valence-electron chi connectivity index (χ0n) is 12.7. The first-order chi connectivity index (χ1) is 11.6. The Hall–Kier alpha value is -2.11. The van der Waals surface area contributed by atoms with Crippen LogP contribution in [0.15, 0.2) is 58.1 Å². The number of phenols is 1. The minimum atomic E-state index is 0.215. The molecule has 122 valence electrons. The lowest BCUT2D eigenvalue weighted by Gasteiger charge is -2.08. The molecule has 0 saturated carbocycles. The summed E-state index contributed by atoms with van der Waals surface area (Å²) in [7, 11) is 0. The fourth-order valence-electron chi connectivity index (χ4n) is 2.32. The Morgan fingerprint density at radius 3 is 2.96 bits per heavy atom. The van der Waals surface area contributed by atoms with E-state index < -0.39 is 0 Å². The zero-order chi connectivity index (χ0) is 16.9. The molecule has 3 aromatic rings. The van der Waals surface area contributed by atoms with E-state index in [0.717, 1.165) is 21.1 Å². The van der Waals surface area contributed by atoms with Crippen LogP contribution in [0.3, 0.4) is 0 Å². The number of hydrogen-bond acceptors (Lipinski definition) is 4. The second kappa shape index (κ2) is 7.64. The molecule has 0 bridgehead atoms. The van der Waals surface area contributed by atoms with Crippen LogP contribution < -0.4 is 5.32 Å². The second-order valence-corrected chi connectivity index (χ2v) is 6.54. The SMILES string of the molecule is Oc1ccc(Br)cc1C=NCCNc1ccnc2cc(Cl)ccc12. The number of fused-ring (bicyclic) bond motifs is 1. The lowest BCUT2D eigenvalue weighted by atomic mass is 10.2. The van der Waals surface area contributed by atoms with Crippen LogP contribution in [-0.2, 0) is 0 Å². The minimum absolute atomic E-state index is 0.215. The zero-order valence-corrected chi connectivity index (χ0v) is 15.0. The van der Waals surface area contributed by atoms with E-state index >= 15 is 0 Å². The molecule has 0 aliphatic heterocycles. The molecule has 0 atom stereocenters. The maximum Gasteiger partial charge on any atom is 0.124 e. The third kappa shape index (κ3) is 4.04. The summed E-state index contributed by atoms with van der Waals surface area (Å²) in [5.74, 6) is 0.215. The average molecular weight is 405 g/mol. The molecule has 1 heterocycles. The summed E-state index contributed by atoms with van der Waals surface area (Å²) in [5.41, 5.74) is 2.54. The number of aromatic hydroxyl groups is 1. The molecule has 0 amide bonds. The number of benzene rings is 2. The number of phenolic OH excluding ortho intramolecular Hbond substituents is 1. The third-order valence-electron chi connectivity index (χ3n) is 3.48. The van der Waals surface area contributed by atoms with Gasteiger partial charge in [0.2, 0.25) is 0 Å². The normalized spacial score (nSPS) is 11.2. The number of aliphatic imine (C=N–C) groups is 1. The summed E-state index contributed by atoms with van der Waals surface area (Å²) in [6.45, 7) is 1.26. The van der Waals surface area contributed by atoms with Crippen molar-refractivity contribution in [3.05, 3.63) is 63.7 Å². The lowest BCUT2D eigenvalue weighted by Crippen LogP contribution is -2.05. The van der Waals surface area contributed by atoms with E-state index in [0.29, 0.717) is 23.7 Å². The molecule has 0 aliphatic rings. The first kappa shape index (κ1) is 16.7. The van der Waals surface area contributed by atoms with Crippen LogP contribution >= 0.6 is 27.5 Å². The van der Waals surface area contributed by atoms with Crippen molar-refractivity contribution in [2.24, 2.45) is 4.99 Å². The van der Waals surface area contributed by atoms with Crippen molar-refractivity contribution < 1.29 is 5.11 Å². The Balaban J connectivity index is 1.63. The first-order valence-corrected chi connectivity index (χ1v) is 8.57. The van der Waals surface area contributed by atoms with Gasteiger partial charge in [0.25, 0.3) is 0 Å². The van der Waals surface area contributed by atoms with Gasteiger partial charge in [0.05, 0.1) is 12.1 Å². The van der Waals surface area contributed by atoms with E-state index in [1.54, 1.807) is 24.5 Å². The molecule has 3 rings (SSSR count). The Morgan fingerprint density at radius 1 is 1.21 bits per heavy atom. The van der Waals surface area contributed by atoms with Crippen LogP contribution in [0, 0.1) is 0 Å². The molecule has 0 unspecified atom stereocenters. The quantitative estimate of drug-likeness (QED) is 0.470. The van der Waals surface area contributed by atoms with E-state index in [4.69, 9.17) is 11.6 Å². The van der Waals surface area contributed by atoms with Gasteiger partial charge in [-0.05, 0) is 42.5 Å². The molecule has 0 fully saturated rings. The summed E-state index contributed by atoms with van der Waals surface area (Å²) in [5, 5.41) is 14.8. The monoisotopic (exact) mass is 403 g/mol. The summed E-state index contributed by atoms with van der Waals surface area (Å²) >= 11 is 9.37. The van der Waals surface area contributed by atoms with Crippen LogP contribution in [0.25, 0.3) is 10.9 Å². The van der Waals surface area contributed by atoms with Crippen molar-refractivity contribution >= 4 is 50.3 Å². The van der Waals surface area contributed by atoms with E-state index in [2.05, 4.69) is 31.2 Å². The molecule has 6 heteroatoms. The molecule has 2 N–H and O–H groups in total. The summed E-state index contributed by atoms with van der Waals surface area (Å²) < 4.78 is 0.904. The van der Waals surface area contributed by atoms with Crippen LogP contribution in [0.2, 0.25) is 5.02 Å². The number of rotatable bonds is 5. The maximum absolute atomic E-state index is 9.76. The van der Waals surface area contributed by atoms with Crippen LogP contribution in [-0.4, -0.2) is 29.4 Å². The van der Waals surface area contributed by atoms with Crippen molar-refractivity contribution in [1.29, 1.82) is 0 Å². The van der Waals surface area contributed by atoms with Gasteiger partial charge < -0.3 is 10.4 Å². The van der Waals surface area contributed by atoms with Gasteiger partial charge in [-0.3, -0.25) is 9.98 Å². The van der Waals surface area contributed by atoms with Gasteiger partial charge >= 0.3 is 0 Å². The summed E-state index contributed by atoms with van der Waals surface area (Å²) in [6.07, 6.45) is 3.43. The fourth-order valence-corrected chi connectivity index (χ4v) is 2.87. The van der Waals surface area contributed by atoms with Gasteiger partial charge in [0.15, 0.2) is 0 Å². The highest BCUT2D eigenvalue weighted by Crippen LogP contribution is 2.24. The van der Waals surface area contributed by atoms with Gasteiger partial charge in [-0.25, -0.2) is 0 Å². The topological polar surface area (TPSA) is 57.5 Å². The second-order valence-electron chi connectivity index (χ2n) is 5.19. The minimum Gasteiger partial charge on any atom is -0.507 e. The van der Waals surface area contributed by atoms with Crippen molar-refractivity contribution in [3.8, 4) is 5.75 Å². The molecule has 2 aromatic carbocycles. The lowest BCUT2D eigenvalue weighted by molar-refractivity contribution is 0.474. The first-order valence-electron chi connectivity index (χ1n) is 7.40. The van der Waals surface area contributed by atoms with Gasteiger partial charge in [-0.1, -0.05) is 27.5 Å². The van der Waals surface area contributed by atoms with E-state index in [9.17, 15) is 5.11 Å². The Morgan fingerprint density at radius 2 is 2.08 bits per heavy atom. The molecular weight excluding hydrogens is 390 g/mol. The summed E-state index contributed by atoms with van der Waals surface area (Å²) in [4.78, 5) is 8.67. The fraction of sp³-hybridized carbons (Fsp3) is 0.111. The van der Waals surface area contributed by atoms with Gasteiger partial charge in [-0.15, -0.1) is 0 Å². The van der Waals surface area contributed by atoms with Crippen molar-refractivity contribution in [2.45, 2.75) is 0 Å². The number of nitrogens with one attached hydrogen (secondary N) is 1. The Labute approximate surface area is 153 Å². The van der Waals surface area contributed by atoms with Crippen molar-refractivity contribution in [3.63, 3.8) is 0 Å².